The van der Waals surface area contributed by atoms with Gasteiger partial charge in [0.05, 0.1) is 4.92 Å². The van der Waals surface area contributed by atoms with Gasteiger partial charge in [0.1, 0.15) is 0 Å². The number of rotatable bonds is 7. The highest BCUT2D eigenvalue weighted by molar-refractivity contribution is 9.09. The highest BCUT2D eigenvalue weighted by Crippen LogP contribution is 2.28. The molecule has 1 amide bonds. The molecule has 0 aliphatic carbocycles. The summed E-state index contributed by atoms with van der Waals surface area (Å²) in [5, 5.41) is 14.6. The number of alkyl halides is 1. The summed E-state index contributed by atoms with van der Waals surface area (Å²) in [6, 6.07) is 4.55. The van der Waals surface area contributed by atoms with E-state index in [1.807, 2.05) is 0 Å². The molecule has 5 nitrogen and oxygen atoms in total. The molecule has 0 unspecified atom stereocenters. The van der Waals surface area contributed by atoms with Crippen LogP contribution in [-0.4, -0.2) is 22.7 Å². The van der Waals surface area contributed by atoms with Crippen LogP contribution < -0.4 is 5.32 Å². The first kappa shape index (κ1) is 17.6. The molecule has 0 bridgehead atoms. The Morgan fingerprint density at radius 3 is 2.48 bits per heavy atom. The largest absolute Gasteiger partial charge is 0.351 e. The first-order valence-corrected chi connectivity index (χ1v) is 8.10. The van der Waals surface area contributed by atoms with Gasteiger partial charge in [0.15, 0.2) is 0 Å². The van der Waals surface area contributed by atoms with Gasteiger partial charge in [-0.2, -0.15) is 0 Å². The minimum Gasteiger partial charge on any atom is -0.351 e. The van der Waals surface area contributed by atoms with Crippen LogP contribution in [-0.2, 0) is 0 Å². The smallest absolute Gasteiger partial charge is 0.273 e. The van der Waals surface area contributed by atoms with E-state index in [0.29, 0.717) is 17.7 Å². The van der Waals surface area contributed by atoms with Crippen molar-refractivity contribution >= 4 is 27.5 Å². The van der Waals surface area contributed by atoms with Crippen LogP contribution in [0.5, 0.6) is 0 Å². The summed E-state index contributed by atoms with van der Waals surface area (Å²) in [6.07, 6.45) is 1.89. The fourth-order valence-corrected chi connectivity index (χ4v) is 3.04. The summed E-state index contributed by atoms with van der Waals surface area (Å²) in [6.45, 7) is 6.39. The second kappa shape index (κ2) is 7.54. The Morgan fingerprint density at radius 2 is 2.00 bits per heavy atom. The number of aryl methyl sites for hydroxylation is 1. The summed E-state index contributed by atoms with van der Waals surface area (Å²) in [7, 11) is 0. The van der Waals surface area contributed by atoms with Gasteiger partial charge >= 0.3 is 0 Å². The molecule has 0 aromatic heterocycles. The fourth-order valence-electron chi connectivity index (χ4n) is 2.05. The van der Waals surface area contributed by atoms with E-state index in [9.17, 15) is 14.9 Å². The number of carbonyl (C=O) groups excluding carboxylic acids is 1. The summed E-state index contributed by atoms with van der Waals surface area (Å²) < 4.78 is 0. The SMILES string of the molecule is CCC(CC)(CBr)CNC(=O)c1ccc(C)c([N+](=O)[O-])c1. The zero-order valence-corrected chi connectivity index (χ0v) is 14.2. The second-order valence-electron chi connectivity index (χ2n) is 5.28. The lowest BCUT2D eigenvalue weighted by Gasteiger charge is -2.29. The number of nitro benzene ring substituents is 1. The van der Waals surface area contributed by atoms with Crippen LogP contribution in [0.3, 0.4) is 0 Å². The predicted octanol–water partition coefficient (Wildman–Crippen LogP) is 3.83. The predicted molar refractivity (Wildman–Crippen MR) is 87.0 cm³/mol. The van der Waals surface area contributed by atoms with Gasteiger partial charge in [0.25, 0.3) is 11.6 Å². The van der Waals surface area contributed by atoms with E-state index in [-0.39, 0.29) is 17.0 Å². The number of halogens is 1. The lowest BCUT2D eigenvalue weighted by Crippen LogP contribution is -2.38. The molecule has 0 aliphatic rings. The van der Waals surface area contributed by atoms with Gasteiger partial charge in [0.2, 0.25) is 0 Å². The molecule has 0 fully saturated rings. The molecule has 0 spiro atoms. The van der Waals surface area contributed by atoms with E-state index in [0.717, 1.165) is 18.2 Å². The van der Waals surface area contributed by atoms with Crippen LogP contribution in [0, 0.1) is 22.5 Å². The number of nitrogens with one attached hydrogen (secondary N) is 1. The van der Waals surface area contributed by atoms with Crippen molar-refractivity contribution in [2.75, 3.05) is 11.9 Å². The minimum absolute atomic E-state index is 0.0201. The molecule has 0 saturated heterocycles. The van der Waals surface area contributed by atoms with Crippen molar-refractivity contribution in [2.24, 2.45) is 5.41 Å². The van der Waals surface area contributed by atoms with E-state index in [1.54, 1.807) is 19.1 Å². The molecule has 1 aromatic rings. The topological polar surface area (TPSA) is 72.2 Å². The average molecular weight is 357 g/mol. The number of carbonyl (C=O) groups is 1. The molecule has 1 rings (SSSR count). The molecule has 0 saturated carbocycles. The second-order valence-corrected chi connectivity index (χ2v) is 5.84. The van der Waals surface area contributed by atoms with Crippen LogP contribution in [0.2, 0.25) is 0 Å². The van der Waals surface area contributed by atoms with Gasteiger partial charge in [-0.15, -0.1) is 0 Å². The van der Waals surface area contributed by atoms with Gasteiger partial charge < -0.3 is 5.32 Å². The van der Waals surface area contributed by atoms with E-state index < -0.39 is 4.92 Å². The maximum atomic E-state index is 12.2. The molecule has 0 heterocycles. The van der Waals surface area contributed by atoms with E-state index in [4.69, 9.17) is 0 Å². The highest BCUT2D eigenvalue weighted by atomic mass is 79.9. The maximum absolute atomic E-state index is 12.2. The summed E-state index contributed by atoms with van der Waals surface area (Å²) in [5.74, 6) is -0.273. The summed E-state index contributed by atoms with van der Waals surface area (Å²) >= 11 is 3.50. The Balaban J connectivity index is 2.85. The maximum Gasteiger partial charge on any atom is 0.273 e. The average Bonchev–Trinajstić information content (AvgIpc) is 2.49. The highest BCUT2D eigenvalue weighted by Gasteiger charge is 2.26. The standard InChI is InChI=1S/C15H21BrN2O3/c1-4-15(5-2,9-16)10-17-14(19)12-7-6-11(3)13(8-12)18(20)21/h6-8H,4-5,9-10H2,1-3H3,(H,17,19). The number of benzene rings is 1. The van der Waals surface area contributed by atoms with Crippen LogP contribution in [0.4, 0.5) is 5.69 Å². The van der Waals surface area contributed by atoms with Crippen LogP contribution in [0.1, 0.15) is 42.6 Å². The fraction of sp³-hybridized carbons (Fsp3) is 0.533. The van der Waals surface area contributed by atoms with Gasteiger partial charge in [0, 0.05) is 29.1 Å². The Bertz CT molecular complexity index is 519. The van der Waals surface area contributed by atoms with Gasteiger partial charge in [-0.3, -0.25) is 14.9 Å². The first-order chi connectivity index (χ1) is 9.89. The normalized spacial score (nSPS) is 11.2. The first-order valence-electron chi connectivity index (χ1n) is 6.98. The molecule has 21 heavy (non-hydrogen) atoms. The molecule has 1 aromatic carbocycles. The zero-order chi connectivity index (χ0) is 16.0. The van der Waals surface area contributed by atoms with Gasteiger partial charge in [-0.25, -0.2) is 0 Å². The third-order valence-corrected chi connectivity index (χ3v) is 5.26. The molecule has 0 atom stereocenters. The number of hydrogen-bond acceptors (Lipinski definition) is 3. The Morgan fingerprint density at radius 1 is 1.38 bits per heavy atom. The van der Waals surface area contributed by atoms with Crippen molar-refractivity contribution < 1.29 is 9.72 Å². The van der Waals surface area contributed by atoms with Crippen molar-refractivity contribution in [3.8, 4) is 0 Å². The zero-order valence-electron chi connectivity index (χ0n) is 12.6. The Hall–Kier alpha value is -1.43. The lowest BCUT2D eigenvalue weighted by atomic mass is 9.84. The van der Waals surface area contributed by atoms with Gasteiger partial charge in [-0.05, 0) is 31.2 Å². The summed E-state index contributed by atoms with van der Waals surface area (Å²) in [5.41, 5.74) is 0.864. The van der Waals surface area contributed by atoms with Crippen LogP contribution in [0.25, 0.3) is 0 Å². The molecule has 116 valence electrons. The van der Waals surface area contributed by atoms with E-state index >= 15 is 0 Å². The molecule has 1 N–H and O–H groups in total. The van der Waals surface area contributed by atoms with Crippen LogP contribution in [0.15, 0.2) is 18.2 Å². The van der Waals surface area contributed by atoms with Crippen molar-refractivity contribution in [2.45, 2.75) is 33.6 Å². The summed E-state index contributed by atoms with van der Waals surface area (Å²) in [4.78, 5) is 22.6. The van der Waals surface area contributed by atoms with E-state index in [2.05, 4.69) is 35.1 Å². The molecular formula is C15H21BrN2O3. The monoisotopic (exact) mass is 356 g/mol. The number of nitrogens with zero attached hydrogens (tertiary/aromatic N) is 1. The van der Waals surface area contributed by atoms with Gasteiger partial charge in [-0.1, -0.05) is 35.8 Å². The van der Waals surface area contributed by atoms with E-state index in [1.165, 1.54) is 6.07 Å². The quantitative estimate of drug-likeness (QED) is 0.458. The van der Waals surface area contributed by atoms with Crippen molar-refractivity contribution in [3.05, 3.63) is 39.4 Å². The van der Waals surface area contributed by atoms with Crippen LogP contribution >= 0.6 is 15.9 Å². The third-order valence-electron chi connectivity index (χ3n) is 4.08. The lowest BCUT2D eigenvalue weighted by molar-refractivity contribution is -0.385. The Labute approximate surface area is 133 Å². The number of hydrogen-bond donors (Lipinski definition) is 1. The Kier molecular flexibility index (Phi) is 6.33. The molecule has 6 heteroatoms. The molecular weight excluding hydrogens is 336 g/mol. The molecule has 0 radical (unpaired) electrons. The third kappa shape index (κ3) is 4.27. The molecule has 0 aliphatic heterocycles. The van der Waals surface area contributed by atoms with Crippen molar-refractivity contribution in [3.63, 3.8) is 0 Å². The minimum atomic E-state index is -0.465. The van der Waals surface area contributed by atoms with Crippen molar-refractivity contribution in [1.29, 1.82) is 0 Å². The number of amides is 1. The number of nitro groups is 1. The van der Waals surface area contributed by atoms with Crippen molar-refractivity contribution in [1.82, 2.24) is 5.32 Å².